The molecule has 0 spiro atoms. The molecule has 0 fully saturated rings. The summed E-state index contributed by atoms with van der Waals surface area (Å²) in [5.41, 5.74) is 2.63. The second-order valence-corrected chi connectivity index (χ2v) is 5.68. The number of phenols is 1. The lowest BCUT2D eigenvalue weighted by Gasteiger charge is -2.06. The lowest BCUT2D eigenvalue weighted by atomic mass is 10.1. The first-order valence-corrected chi connectivity index (χ1v) is 7.85. The van der Waals surface area contributed by atoms with Crippen LogP contribution in [0.3, 0.4) is 0 Å². The van der Waals surface area contributed by atoms with Gasteiger partial charge in [0.25, 0.3) is 11.8 Å². The average Bonchev–Trinajstić information content (AvgIpc) is 3.02. The first kappa shape index (κ1) is 16.5. The third-order valence-electron chi connectivity index (χ3n) is 3.76. The Kier molecular flexibility index (Phi) is 4.65. The number of H-pyrrole nitrogens is 1. The van der Waals surface area contributed by atoms with E-state index in [2.05, 4.69) is 20.8 Å². The number of rotatable bonds is 5. The number of amides is 2. The van der Waals surface area contributed by atoms with Crippen molar-refractivity contribution >= 4 is 22.7 Å². The maximum absolute atomic E-state index is 12.2. The van der Waals surface area contributed by atoms with E-state index in [-0.39, 0.29) is 30.7 Å². The smallest absolute Gasteiger partial charge is 0.272 e. The molecule has 7 heteroatoms. The van der Waals surface area contributed by atoms with Crippen molar-refractivity contribution in [2.75, 3.05) is 13.1 Å². The first-order valence-electron chi connectivity index (χ1n) is 7.85. The van der Waals surface area contributed by atoms with Crippen LogP contribution in [0.4, 0.5) is 0 Å². The van der Waals surface area contributed by atoms with Crippen LogP contribution in [0.1, 0.15) is 26.4 Å². The predicted molar refractivity (Wildman–Crippen MR) is 93.6 cm³/mol. The summed E-state index contributed by atoms with van der Waals surface area (Å²) in [5.74, 6) is -0.462. The van der Waals surface area contributed by atoms with E-state index in [0.717, 1.165) is 16.5 Å². The summed E-state index contributed by atoms with van der Waals surface area (Å²) in [6, 6.07) is 11.7. The third-order valence-corrected chi connectivity index (χ3v) is 3.76. The Balaban J connectivity index is 1.53. The Morgan fingerprint density at radius 1 is 1.04 bits per heavy atom. The van der Waals surface area contributed by atoms with Gasteiger partial charge in [-0.1, -0.05) is 11.6 Å². The van der Waals surface area contributed by atoms with Gasteiger partial charge in [-0.2, -0.15) is 5.10 Å². The standard InChI is InChI=1S/C18H18N4O3/c1-11-2-7-15-14(10-11)16(22-21-15)18(25)20-9-8-19-17(24)12-3-5-13(23)6-4-12/h2-7,10,23H,8-9H2,1H3,(H,19,24)(H,20,25)(H,21,22). The Morgan fingerprint density at radius 2 is 1.72 bits per heavy atom. The number of nitrogens with one attached hydrogen (secondary N) is 3. The number of nitrogens with zero attached hydrogens (tertiary/aromatic N) is 1. The molecule has 0 unspecified atom stereocenters. The van der Waals surface area contributed by atoms with E-state index < -0.39 is 0 Å². The van der Waals surface area contributed by atoms with Crippen LogP contribution in [0.2, 0.25) is 0 Å². The highest BCUT2D eigenvalue weighted by Gasteiger charge is 2.13. The molecule has 0 aliphatic heterocycles. The number of carbonyl (C=O) groups is 2. The van der Waals surface area contributed by atoms with Gasteiger partial charge in [0.15, 0.2) is 5.69 Å². The molecule has 0 aliphatic carbocycles. The number of aryl methyl sites for hydroxylation is 1. The van der Waals surface area contributed by atoms with E-state index >= 15 is 0 Å². The Labute approximate surface area is 144 Å². The van der Waals surface area contributed by atoms with E-state index in [1.165, 1.54) is 24.3 Å². The van der Waals surface area contributed by atoms with Crippen LogP contribution >= 0.6 is 0 Å². The average molecular weight is 338 g/mol. The van der Waals surface area contributed by atoms with Crippen LogP contribution < -0.4 is 10.6 Å². The summed E-state index contributed by atoms with van der Waals surface area (Å²) in [7, 11) is 0. The van der Waals surface area contributed by atoms with Crippen molar-refractivity contribution in [3.05, 3.63) is 59.3 Å². The monoisotopic (exact) mass is 338 g/mol. The molecule has 2 amide bonds. The molecule has 25 heavy (non-hydrogen) atoms. The highest BCUT2D eigenvalue weighted by Crippen LogP contribution is 2.17. The van der Waals surface area contributed by atoms with Crippen molar-refractivity contribution in [1.29, 1.82) is 0 Å². The minimum absolute atomic E-state index is 0.102. The minimum atomic E-state index is -0.296. The lowest BCUT2D eigenvalue weighted by Crippen LogP contribution is -2.34. The largest absolute Gasteiger partial charge is 0.508 e. The number of hydrogen-bond acceptors (Lipinski definition) is 4. The number of fused-ring (bicyclic) bond motifs is 1. The highest BCUT2D eigenvalue weighted by molar-refractivity contribution is 6.04. The second kappa shape index (κ2) is 7.04. The molecule has 0 saturated heterocycles. The molecule has 4 N–H and O–H groups in total. The molecule has 1 heterocycles. The molecule has 3 rings (SSSR count). The molecule has 0 bridgehead atoms. The molecule has 7 nitrogen and oxygen atoms in total. The minimum Gasteiger partial charge on any atom is -0.508 e. The molecular weight excluding hydrogens is 320 g/mol. The van der Waals surface area contributed by atoms with Gasteiger partial charge in [0.05, 0.1) is 5.52 Å². The molecule has 1 aromatic heterocycles. The van der Waals surface area contributed by atoms with Crippen LogP contribution in [-0.2, 0) is 0 Å². The molecule has 0 radical (unpaired) electrons. The van der Waals surface area contributed by atoms with Gasteiger partial charge in [-0.05, 0) is 43.3 Å². The Morgan fingerprint density at radius 3 is 2.44 bits per heavy atom. The summed E-state index contributed by atoms with van der Waals surface area (Å²) in [6.45, 7) is 2.52. The quantitative estimate of drug-likeness (QED) is 0.532. The summed E-state index contributed by atoms with van der Waals surface area (Å²) >= 11 is 0. The third kappa shape index (κ3) is 3.77. The molecule has 3 aromatic rings. The van der Waals surface area contributed by atoms with E-state index in [9.17, 15) is 14.7 Å². The number of carbonyl (C=O) groups excluding carboxylic acids is 2. The van der Waals surface area contributed by atoms with Gasteiger partial charge < -0.3 is 15.7 Å². The topological polar surface area (TPSA) is 107 Å². The molecule has 0 saturated carbocycles. The molecule has 0 atom stereocenters. The molecular formula is C18H18N4O3. The van der Waals surface area contributed by atoms with Crippen molar-refractivity contribution in [2.45, 2.75) is 6.92 Å². The van der Waals surface area contributed by atoms with Crippen LogP contribution in [0.15, 0.2) is 42.5 Å². The van der Waals surface area contributed by atoms with Crippen molar-refractivity contribution < 1.29 is 14.7 Å². The number of benzene rings is 2. The Bertz CT molecular complexity index is 916. The predicted octanol–water partition coefficient (Wildman–Crippen LogP) is 1.74. The molecule has 0 aliphatic rings. The summed E-state index contributed by atoms with van der Waals surface area (Å²) in [5, 5.41) is 22.3. The zero-order chi connectivity index (χ0) is 17.8. The molecule has 2 aromatic carbocycles. The van der Waals surface area contributed by atoms with Crippen molar-refractivity contribution in [2.24, 2.45) is 0 Å². The van der Waals surface area contributed by atoms with Gasteiger partial charge in [0, 0.05) is 24.0 Å². The number of phenolic OH excluding ortho intramolecular Hbond substituents is 1. The van der Waals surface area contributed by atoms with Gasteiger partial charge >= 0.3 is 0 Å². The maximum Gasteiger partial charge on any atom is 0.272 e. The van der Waals surface area contributed by atoms with E-state index in [1.807, 2.05) is 25.1 Å². The van der Waals surface area contributed by atoms with Crippen molar-refractivity contribution in [1.82, 2.24) is 20.8 Å². The summed E-state index contributed by atoms with van der Waals surface area (Å²) < 4.78 is 0. The number of aromatic hydroxyl groups is 1. The van der Waals surface area contributed by atoms with Crippen LogP contribution in [0, 0.1) is 6.92 Å². The van der Waals surface area contributed by atoms with E-state index in [4.69, 9.17) is 0 Å². The van der Waals surface area contributed by atoms with Crippen molar-refractivity contribution in [3.63, 3.8) is 0 Å². The fourth-order valence-corrected chi connectivity index (χ4v) is 2.45. The van der Waals surface area contributed by atoms with Crippen LogP contribution in [0.25, 0.3) is 10.9 Å². The number of hydrogen-bond donors (Lipinski definition) is 4. The fraction of sp³-hybridized carbons (Fsp3) is 0.167. The van der Waals surface area contributed by atoms with Gasteiger partial charge in [0.1, 0.15) is 5.75 Å². The van der Waals surface area contributed by atoms with Gasteiger partial charge in [-0.3, -0.25) is 14.7 Å². The van der Waals surface area contributed by atoms with Gasteiger partial charge in [-0.15, -0.1) is 0 Å². The van der Waals surface area contributed by atoms with Gasteiger partial charge in [0.2, 0.25) is 0 Å². The summed E-state index contributed by atoms with van der Waals surface area (Å²) in [4.78, 5) is 24.2. The zero-order valence-electron chi connectivity index (χ0n) is 13.7. The first-order chi connectivity index (χ1) is 12.0. The fourth-order valence-electron chi connectivity index (χ4n) is 2.45. The normalized spacial score (nSPS) is 10.6. The van der Waals surface area contributed by atoms with Crippen LogP contribution in [-0.4, -0.2) is 40.2 Å². The number of aromatic nitrogens is 2. The Hall–Kier alpha value is -3.35. The summed E-state index contributed by atoms with van der Waals surface area (Å²) in [6.07, 6.45) is 0. The zero-order valence-corrected chi connectivity index (χ0v) is 13.7. The highest BCUT2D eigenvalue weighted by atomic mass is 16.3. The molecule has 128 valence electrons. The van der Waals surface area contributed by atoms with E-state index in [1.54, 1.807) is 0 Å². The SMILES string of the molecule is Cc1ccc2[nH]nc(C(=O)NCCNC(=O)c3ccc(O)cc3)c2c1. The second-order valence-electron chi connectivity index (χ2n) is 5.68. The van der Waals surface area contributed by atoms with Crippen molar-refractivity contribution in [3.8, 4) is 5.75 Å². The van der Waals surface area contributed by atoms with Crippen LogP contribution in [0.5, 0.6) is 5.75 Å². The number of aromatic amines is 1. The van der Waals surface area contributed by atoms with E-state index in [0.29, 0.717) is 11.3 Å². The lowest BCUT2D eigenvalue weighted by molar-refractivity contribution is 0.0926. The van der Waals surface area contributed by atoms with Gasteiger partial charge in [-0.25, -0.2) is 0 Å². The maximum atomic E-state index is 12.2.